The Bertz CT molecular complexity index is 547. The number of carbonyl (C=O) groups excluding carboxylic acids is 1. The standard InChI is InChI=1S/C11H12O4S/c1-11(10(12)15-2)7-8-5-3-4-6-9(8)16(11,13)14/h3-6H,7H2,1-2H3. The molecule has 0 bridgehead atoms. The van der Waals surface area contributed by atoms with Gasteiger partial charge in [0, 0.05) is 6.42 Å². The molecule has 1 unspecified atom stereocenters. The molecule has 0 saturated carbocycles. The molecule has 1 aromatic rings. The maximum absolute atomic E-state index is 12.2. The van der Waals surface area contributed by atoms with E-state index in [9.17, 15) is 13.2 Å². The van der Waals surface area contributed by atoms with Crippen molar-refractivity contribution in [3.8, 4) is 0 Å². The number of hydrogen-bond acceptors (Lipinski definition) is 4. The lowest BCUT2D eigenvalue weighted by Gasteiger charge is -2.19. The Morgan fingerprint density at radius 2 is 2.00 bits per heavy atom. The zero-order valence-corrected chi connectivity index (χ0v) is 9.87. The number of esters is 1. The molecule has 0 aromatic heterocycles. The molecule has 1 aliphatic rings. The first-order valence-electron chi connectivity index (χ1n) is 4.84. The SMILES string of the molecule is COC(=O)C1(C)Cc2ccccc2S1(=O)=O. The minimum atomic E-state index is -3.63. The van der Waals surface area contributed by atoms with Gasteiger partial charge in [-0.2, -0.15) is 0 Å². The highest BCUT2D eigenvalue weighted by atomic mass is 32.2. The molecule has 1 aromatic carbocycles. The van der Waals surface area contributed by atoms with Crippen LogP contribution in [0, 0.1) is 0 Å². The van der Waals surface area contributed by atoms with Gasteiger partial charge in [0.1, 0.15) is 0 Å². The summed E-state index contributed by atoms with van der Waals surface area (Å²) in [4.78, 5) is 11.9. The highest BCUT2D eigenvalue weighted by Gasteiger charge is 2.53. The second-order valence-electron chi connectivity index (χ2n) is 4.01. The first kappa shape index (κ1) is 11.1. The van der Waals surface area contributed by atoms with Gasteiger partial charge in [0.05, 0.1) is 12.0 Å². The Labute approximate surface area is 94.2 Å². The van der Waals surface area contributed by atoms with E-state index in [0.717, 1.165) is 0 Å². The van der Waals surface area contributed by atoms with Gasteiger partial charge in [0.15, 0.2) is 14.6 Å². The molecule has 0 radical (unpaired) electrons. The fourth-order valence-electron chi connectivity index (χ4n) is 2.01. The van der Waals surface area contributed by atoms with Crippen LogP contribution < -0.4 is 0 Å². The van der Waals surface area contributed by atoms with Gasteiger partial charge in [0.2, 0.25) is 0 Å². The zero-order valence-electron chi connectivity index (χ0n) is 9.06. The van der Waals surface area contributed by atoms with Crippen molar-refractivity contribution in [1.82, 2.24) is 0 Å². The van der Waals surface area contributed by atoms with E-state index < -0.39 is 20.6 Å². The highest BCUT2D eigenvalue weighted by Crippen LogP contribution is 2.39. The van der Waals surface area contributed by atoms with Crippen molar-refractivity contribution < 1.29 is 17.9 Å². The first-order valence-corrected chi connectivity index (χ1v) is 6.33. The van der Waals surface area contributed by atoms with Gasteiger partial charge in [-0.3, -0.25) is 4.79 Å². The van der Waals surface area contributed by atoms with E-state index >= 15 is 0 Å². The molecule has 5 heteroatoms. The molecule has 0 N–H and O–H groups in total. The summed E-state index contributed by atoms with van der Waals surface area (Å²) in [5.74, 6) is -0.705. The van der Waals surface area contributed by atoms with Gasteiger partial charge in [-0.25, -0.2) is 8.42 Å². The van der Waals surface area contributed by atoms with Crippen LogP contribution in [0.3, 0.4) is 0 Å². The highest BCUT2D eigenvalue weighted by molar-refractivity contribution is 7.94. The predicted octanol–water partition coefficient (Wildman–Crippen LogP) is 0.948. The van der Waals surface area contributed by atoms with E-state index in [0.29, 0.717) is 5.56 Å². The van der Waals surface area contributed by atoms with Crippen LogP contribution in [0.5, 0.6) is 0 Å². The maximum atomic E-state index is 12.2. The van der Waals surface area contributed by atoms with Crippen molar-refractivity contribution in [2.75, 3.05) is 7.11 Å². The summed E-state index contributed by atoms with van der Waals surface area (Å²) in [6, 6.07) is 6.66. The third-order valence-electron chi connectivity index (χ3n) is 3.00. The van der Waals surface area contributed by atoms with Gasteiger partial charge >= 0.3 is 5.97 Å². The monoisotopic (exact) mass is 240 g/mol. The van der Waals surface area contributed by atoms with Crippen LogP contribution in [0.2, 0.25) is 0 Å². The summed E-state index contributed by atoms with van der Waals surface area (Å²) >= 11 is 0. The van der Waals surface area contributed by atoms with Crippen molar-refractivity contribution in [2.24, 2.45) is 0 Å². The second-order valence-corrected chi connectivity index (χ2v) is 6.36. The molecule has 0 aliphatic carbocycles. The Kier molecular flexibility index (Phi) is 2.31. The summed E-state index contributed by atoms with van der Waals surface area (Å²) < 4.78 is 27.5. The quantitative estimate of drug-likeness (QED) is 0.686. The van der Waals surface area contributed by atoms with Crippen LogP contribution in [-0.4, -0.2) is 26.2 Å². The van der Waals surface area contributed by atoms with E-state index in [-0.39, 0.29) is 11.3 Å². The van der Waals surface area contributed by atoms with Crippen LogP contribution in [0.4, 0.5) is 0 Å². The van der Waals surface area contributed by atoms with Crippen molar-refractivity contribution in [3.63, 3.8) is 0 Å². The molecule has 0 fully saturated rings. The number of methoxy groups -OCH3 is 1. The zero-order chi connectivity index (χ0) is 12.0. The van der Waals surface area contributed by atoms with Crippen molar-refractivity contribution in [2.45, 2.75) is 23.0 Å². The normalized spacial score (nSPS) is 26.1. The lowest BCUT2D eigenvalue weighted by molar-refractivity contribution is -0.143. The Hall–Kier alpha value is -1.36. The number of fused-ring (bicyclic) bond motifs is 1. The van der Waals surface area contributed by atoms with E-state index in [1.165, 1.54) is 20.1 Å². The van der Waals surface area contributed by atoms with E-state index in [1.54, 1.807) is 18.2 Å². The smallest absolute Gasteiger partial charge is 0.327 e. The average molecular weight is 240 g/mol. The number of carbonyl (C=O) groups is 1. The number of benzene rings is 1. The lowest BCUT2D eigenvalue weighted by atomic mass is 10.0. The predicted molar refractivity (Wildman–Crippen MR) is 57.8 cm³/mol. The van der Waals surface area contributed by atoms with Gasteiger partial charge in [-0.15, -0.1) is 0 Å². The lowest BCUT2D eigenvalue weighted by Crippen LogP contribution is -2.42. The summed E-state index contributed by atoms with van der Waals surface area (Å²) in [5, 5.41) is 0. The third-order valence-corrected chi connectivity index (χ3v) is 5.47. The largest absolute Gasteiger partial charge is 0.468 e. The Balaban J connectivity index is 2.65. The van der Waals surface area contributed by atoms with E-state index in [1.807, 2.05) is 0 Å². The molecule has 1 heterocycles. The molecule has 0 amide bonds. The maximum Gasteiger partial charge on any atom is 0.327 e. The van der Waals surface area contributed by atoms with Crippen molar-refractivity contribution in [3.05, 3.63) is 29.8 Å². The summed E-state index contributed by atoms with van der Waals surface area (Å²) in [5.41, 5.74) is 0.676. The van der Waals surface area contributed by atoms with Crippen molar-refractivity contribution >= 4 is 15.8 Å². The fourth-order valence-corrected chi connectivity index (χ4v) is 3.89. The molecule has 0 spiro atoms. The molecular weight excluding hydrogens is 228 g/mol. The summed E-state index contributed by atoms with van der Waals surface area (Å²) in [6.07, 6.45) is 0.179. The fraction of sp³-hybridized carbons (Fsp3) is 0.364. The van der Waals surface area contributed by atoms with Crippen LogP contribution in [-0.2, 0) is 25.8 Å². The summed E-state index contributed by atoms with van der Waals surface area (Å²) in [7, 11) is -2.43. The van der Waals surface area contributed by atoms with Crippen molar-refractivity contribution in [1.29, 1.82) is 0 Å². The molecular formula is C11H12O4S. The molecule has 2 rings (SSSR count). The van der Waals surface area contributed by atoms with Crippen LogP contribution >= 0.6 is 0 Å². The van der Waals surface area contributed by atoms with Crippen LogP contribution in [0.1, 0.15) is 12.5 Å². The Morgan fingerprint density at radius 1 is 1.38 bits per heavy atom. The minimum absolute atomic E-state index is 0.179. The van der Waals surface area contributed by atoms with E-state index in [4.69, 9.17) is 0 Å². The molecule has 0 saturated heterocycles. The molecule has 86 valence electrons. The number of rotatable bonds is 1. The van der Waals surface area contributed by atoms with Gasteiger partial charge in [-0.1, -0.05) is 18.2 Å². The topological polar surface area (TPSA) is 60.4 Å². The van der Waals surface area contributed by atoms with Gasteiger partial charge < -0.3 is 4.74 Å². The summed E-state index contributed by atoms with van der Waals surface area (Å²) in [6.45, 7) is 1.41. The van der Waals surface area contributed by atoms with Gasteiger partial charge in [-0.05, 0) is 18.6 Å². The van der Waals surface area contributed by atoms with Crippen LogP contribution in [0.15, 0.2) is 29.2 Å². The molecule has 16 heavy (non-hydrogen) atoms. The molecule has 1 aliphatic heterocycles. The first-order chi connectivity index (χ1) is 7.43. The second kappa shape index (κ2) is 3.31. The number of ether oxygens (including phenoxy) is 1. The third kappa shape index (κ3) is 1.21. The minimum Gasteiger partial charge on any atom is -0.468 e. The van der Waals surface area contributed by atoms with E-state index in [2.05, 4.69) is 4.74 Å². The number of sulfone groups is 1. The van der Waals surface area contributed by atoms with Gasteiger partial charge in [0.25, 0.3) is 0 Å². The number of hydrogen-bond donors (Lipinski definition) is 0. The molecule has 4 nitrogen and oxygen atoms in total. The van der Waals surface area contributed by atoms with Crippen LogP contribution in [0.25, 0.3) is 0 Å². The average Bonchev–Trinajstić information content (AvgIpc) is 2.47. The Morgan fingerprint density at radius 3 is 2.56 bits per heavy atom. The molecule has 1 atom stereocenters.